The molecule has 1 N–H and O–H groups in total. The maximum Gasteiger partial charge on any atom is 0.234 e. The van der Waals surface area contributed by atoms with Gasteiger partial charge in [0.1, 0.15) is 0 Å². The zero-order valence-corrected chi connectivity index (χ0v) is 15.9. The maximum atomic E-state index is 13.5. The number of fused-ring (bicyclic) bond motifs is 1. The molecular weight excluding hydrogens is 334 g/mol. The highest BCUT2D eigenvalue weighted by molar-refractivity contribution is 7.10. The SMILES string of the molecule is CCn1nc(CO)c2c1CCN(C(=O)[C@@]1(c3cccs3)CC1(C)C)C2. The Morgan fingerprint density at radius 2 is 2.20 bits per heavy atom. The maximum absolute atomic E-state index is 13.5. The molecule has 1 aliphatic heterocycles. The van der Waals surface area contributed by atoms with E-state index in [4.69, 9.17) is 0 Å². The van der Waals surface area contributed by atoms with Gasteiger partial charge in [0.25, 0.3) is 0 Å². The van der Waals surface area contributed by atoms with Gasteiger partial charge in [0, 0.05) is 42.2 Å². The molecule has 2 aliphatic rings. The minimum absolute atomic E-state index is 0.00260. The van der Waals surface area contributed by atoms with Crippen LogP contribution in [0.2, 0.25) is 0 Å². The Bertz CT molecular complexity index is 809. The van der Waals surface area contributed by atoms with Gasteiger partial charge in [0.05, 0.1) is 17.7 Å². The van der Waals surface area contributed by atoms with Crippen molar-refractivity contribution in [1.29, 1.82) is 0 Å². The summed E-state index contributed by atoms with van der Waals surface area (Å²) in [5, 5.41) is 16.2. The van der Waals surface area contributed by atoms with E-state index in [9.17, 15) is 9.90 Å². The van der Waals surface area contributed by atoms with Crippen LogP contribution < -0.4 is 0 Å². The molecule has 4 rings (SSSR count). The van der Waals surface area contributed by atoms with E-state index in [1.165, 1.54) is 10.6 Å². The fraction of sp³-hybridized carbons (Fsp3) is 0.579. The second kappa shape index (κ2) is 5.68. The van der Waals surface area contributed by atoms with Crippen LogP contribution in [0, 0.1) is 5.41 Å². The van der Waals surface area contributed by atoms with Crippen LogP contribution in [0.25, 0.3) is 0 Å². The molecule has 0 radical (unpaired) electrons. The number of amides is 1. The average Bonchev–Trinajstić information content (AvgIpc) is 3.02. The Hall–Kier alpha value is -1.66. The van der Waals surface area contributed by atoms with Crippen LogP contribution in [0.1, 0.15) is 49.0 Å². The monoisotopic (exact) mass is 359 g/mol. The van der Waals surface area contributed by atoms with Crippen LogP contribution in [0.3, 0.4) is 0 Å². The van der Waals surface area contributed by atoms with Gasteiger partial charge < -0.3 is 10.0 Å². The molecule has 1 atom stereocenters. The van der Waals surface area contributed by atoms with Gasteiger partial charge in [-0.15, -0.1) is 11.3 Å². The predicted molar refractivity (Wildman–Crippen MR) is 97.3 cm³/mol. The van der Waals surface area contributed by atoms with Gasteiger partial charge in [-0.1, -0.05) is 19.9 Å². The Morgan fingerprint density at radius 1 is 1.44 bits per heavy atom. The molecule has 0 saturated heterocycles. The van der Waals surface area contributed by atoms with Gasteiger partial charge in [-0.05, 0) is 30.2 Å². The van der Waals surface area contributed by atoms with Crippen molar-refractivity contribution in [3.63, 3.8) is 0 Å². The number of carbonyl (C=O) groups is 1. The molecule has 2 aromatic rings. The molecule has 0 bridgehead atoms. The largest absolute Gasteiger partial charge is 0.390 e. The summed E-state index contributed by atoms with van der Waals surface area (Å²) >= 11 is 1.68. The summed E-state index contributed by atoms with van der Waals surface area (Å²) in [7, 11) is 0. The second-order valence-electron chi connectivity index (χ2n) is 7.77. The van der Waals surface area contributed by atoms with Gasteiger partial charge in [-0.2, -0.15) is 5.10 Å². The lowest BCUT2D eigenvalue weighted by Gasteiger charge is -2.32. The van der Waals surface area contributed by atoms with Gasteiger partial charge in [0.15, 0.2) is 0 Å². The zero-order chi connectivity index (χ0) is 17.8. The van der Waals surface area contributed by atoms with E-state index in [-0.39, 0.29) is 23.3 Å². The first-order chi connectivity index (χ1) is 11.9. The van der Waals surface area contributed by atoms with E-state index in [0.29, 0.717) is 6.54 Å². The van der Waals surface area contributed by atoms with E-state index < -0.39 is 0 Å². The van der Waals surface area contributed by atoms with Crippen molar-refractivity contribution in [2.45, 2.75) is 58.7 Å². The molecule has 1 saturated carbocycles. The second-order valence-corrected chi connectivity index (χ2v) is 8.71. The number of aryl methyl sites for hydroxylation is 1. The topological polar surface area (TPSA) is 58.4 Å². The Kier molecular flexibility index (Phi) is 3.81. The van der Waals surface area contributed by atoms with Crippen molar-refractivity contribution in [3.8, 4) is 0 Å². The van der Waals surface area contributed by atoms with Gasteiger partial charge >= 0.3 is 0 Å². The number of rotatable bonds is 4. The van der Waals surface area contributed by atoms with E-state index in [1.54, 1.807) is 11.3 Å². The third kappa shape index (κ3) is 2.30. The number of thiophene rings is 1. The number of aliphatic hydroxyl groups excluding tert-OH is 1. The number of carbonyl (C=O) groups excluding carboxylic acids is 1. The number of aromatic nitrogens is 2. The normalized spacial score (nSPS) is 24.2. The minimum Gasteiger partial charge on any atom is -0.390 e. The van der Waals surface area contributed by atoms with Crippen molar-refractivity contribution in [3.05, 3.63) is 39.3 Å². The van der Waals surface area contributed by atoms with Crippen molar-refractivity contribution >= 4 is 17.2 Å². The fourth-order valence-electron chi connectivity index (χ4n) is 4.43. The van der Waals surface area contributed by atoms with Crippen molar-refractivity contribution in [1.82, 2.24) is 14.7 Å². The fourth-order valence-corrected chi connectivity index (χ4v) is 5.52. The summed E-state index contributed by atoms with van der Waals surface area (Å²) in [6.45, 7) is 8.45. The molecule has 1 amide bonds. The quantitative estimate of drug-likeness (QED) is 0.913. The van der Waals surface area contributed by atoms with Gasteiger partial charge in [0.2, 0.25) is 5.91 Å². The molecule has 25 heavy (non-hydrogen) atoms. The van der Waals surface area contributed by atoms with Crippen molar-refractivity contribution in [2.24, 2.45) is 5.41 Å². The molecule has 3 heterocycles. The number of hydrogen-bond acceptors (Lipinski definition) is 4. The standard InChI is InChI=1S/C19H25N3O2S/c1-4-22-15-7-8-21(10-13(15)14(11-23)20-22)17(24)19(12-18(19,2)3)16-6-5-9-25-16/h5-6,9,23H,4,7-8,10-12H2,1-3H3/t19-/m0/s1. The molecule has 5 nitrogen and oxygen atoms in total. The summed E-state index contributed by atoms with van der Waals surface area (Å²) < 4.78 is 1.97. The molecule has 1 fully saturated rings. The lowest BCUT2D eigenvalue weighted by atomic mass is 9.91. The summed E-state index contributed by atoms with van der Waals surface area (Å²) in [5.74, 6) is 0.235. The van der Waals surface area contributed by atoms with Crippen LogP contribution in [-0.2, 0) is 36.3 Å². The van der Waals surface area contributed by atoms with Crippen LogP contribution in [0.5, 0.6) is 0 Å². The Labute approximate surface area is 152 Å². The zero-order valence-electron chi connectivity index (χ0n) is 15.1. The lowest BCUT2D eigenvalue weighted by molar-refractivity contribution is -0.135. The highest BCUT2D eigenvalue weighted by Gasteiger charge is 2.68. The Balaban J connectivity index is 1.66. The molecule has 0 spiro atoms. The number of hydrogen-bond donors (Lipinski definition) is 1. The van der Waals surface area contributed by atoms with Crippen LogP contribution in [-0.4, -0.2) is 32.2 Å². The molecule has 6 heteroatoms. The minimum atomic E-state index is -0.376. The Morgan fingerprint density at radius 3 is 2.76 bits per heavy atom. The van der Waals surface area contributed by atoms with Crippen LogP contribution >= 0.6 is 11.3 Å². The van der Waals surface area contributed by atoms with E-state index >= 15 is 0 Å². The molecule has 1 aliphatic carbocycles. The highest BCUT2D eigenvalue weighted by Crippen LogP contribution is 2.66. The third-order valence-electron chi connectivity index (χ3n) is 6.00. The molecule has 0 unspecified atom stereocenters. The lowest BCUT2D eigenvalue weighted by Crippen LogP contribution is -2.44. The van der Waals surface area contributed by atoms with E-state index in [2.05, 4.69) is 37.3 Å². The third-order valence-corrected chi connectivity index (χ3v) is 7.03. The summed E-state index contributed by atoms with van der Waals surface area (Å²) in [6, 6.07) is 4.13. The molecule has 134 valence electrons. The number of nitrogens with zero attached hydrogens (tertiary/aromatic N) is 3. The van der Waals surface area contributed by atoms with E-state index in [0.717, 1.165) is 37.2 Å². The molecule has 0 aromatic carbocycles. The smallest absolute Gasteiger partial charge is 0.234 e. The van der Waals surface area contributed by atoms with Gasteiger partial charge in [-0.3, -0.25) is 9.48 Å². The van der Waals surface area contributed by atoms with Crippen LogP contribution in [0.15, 0.2) is 17.5 Å². The predicted octanol–water partition coefficient (Wildman–Crippen LogP) is 2.71. The summed E-state index contributed by atoms with van der Waals surface area (Å²) in [6.07, 6.45) is 1.71. The summed E-state index contributed by atoms with van der Waals surface area (Å²) in [5.41, 5.74) is 2.57. The first kappa shape index (κ1) is 16.8. The van der Waals surface area contributed by atoms with Crippen molar-refractivity contribution < 1.29 is 9.90 Å². The summed E-state index contributed by atoms with van der Waals surface area (Å²) in [4.78, 5) is 16.7. The molecular formula is C19H25N3O2S. The highest BCUT2D eigenvalue weighted by atomic mass is 32.1. The van der Waals surface area contributed by atoms with Gasteiger partial charge in [-0.25, -0.2) is 0 Å². The van der Waals surface area contributed by atoms with E-state index in [1.807, 2.05) is 15.6 Å². The first-order valence-corrected chi connectivity index (χ1v) is 9.84. The average molecular weight is 359 g/mol. The number of aliphatic hydroxyl groups is 1. The van der Waals surface area contributed by atoms with Crippen molar-refractivity contribution in [2.75, 3.05) is 6.54 Å². The first-order valence-electron chi connectivity index (χ1n) is 8.96. The molecule has 2 aromatic heterocycles. The van der Waals surface area contributed by atoms with Crippen LogP contribution in [0.4, 0.5) is 0 Å².